The van der Waals surface area contributed by atoms with Gasteiger partial charge in [-0.25, -0.2) is 9.59 Å². The summed E-state index contributed by atoms with van der Waals surface area (Å²) in [5.74, 6) is -2.02. The lowest BCUT2D eigenvalue weighted by Gasteiger charge is -2.66. The van der Waals surface area contributed by atoms with Crippen molar-refractivity contribution < 1.29 is 58.1 Å². The maximum atomic E-state index is 13.3. The summed E-state index contributed by atoms with van der Waals surface area (Å²) >= 11 is 0. The Labute approximate surface area is 247 Å². The monoisotopic (exact) mass is 598 g/mol. The van der Waals surface area contributed by atoms with Crippen molar-refractivity contribution in [2.24, 2.45) is 11.3 Å². The standard InChI is InChI=1S/C31H34O12/c1-29-14-20(32)19-13-31(29,30(19,28(38-2)43-29)16-40-26(37)18-11-7-4-8-12-18)42-27-24(35)23(34)22(33)21(41-27)15-39-25(36)17-9-5-3-6-10-17/h3-12,19,21-24,27-28,33-35H,13-16H2,1-2H3/t19-,21+,22+,23-,24+,27-,28-,29-,30-,31-/m0/s1. The fraction of sp³-hybridized carbons (Fsp3) is 0.516. The Morgan fingerprint density at radius 1 is 0.907 bits per heavy atom. The van der Waals surface area contributed by atoms with Gasteiger partial charge in [0.25, 0.3) is 0 Å². The predicted octanol–water partition coefficient (Wildman–Crippen LogP) is 1.00. The molecular formula is C31H34O12. The summed E-state index contributed by atoms with van der Waals surface area (Å²) in [7, 11) is 1.41. The van der Waals surface area contributed by atoms with E-state index in [-0.39, 0.29) is 30.8 Å². The summed E-state index contributed by atoms with van der Waals surface area (Å²) in [5, 5.41) is 32.3. The number of aliphatic hydroxyl groups is 3. The van der Waals surface area contributed by atoms with Crippen LogP contribution >= 0.6 is 0 Å². The van der Waals surface area contributed by atoms with Crippen LogP contribution in [0.3, 0.4) is 0 Å². The van der Waals surface area contributed by atoms with Crippen LogP contribution in [0.5, 0.6) is 0 Å². The van der Waals surface area contributed by atoms with E-state index < -0.39 is 78.1 Å². The van der Waals surface area contributed by atoms with Gasteiger partial charge in [-0.2, -0.15) is 0 Å². The minimum absolute atomic E-state index is 0.0297. The lowest BCUT2D eigenvalue weighted by molar-refractivity contribution is -0.381. The minimum Gasteiger partial charge on any atom is -0.461 e. The molecule has 5 fully saturated rings. The second kappa shape index (κ2) is 11.0. The molecular weight excluding hydrogens is 564 g/mol. The topological polar surface area (TPSA) is 167 Å². The van der Waals surface area contributed by atoms with Crippen LogP contribution in [0.2, 0.25) is 0 Å². The molecule has 43 heavy (non-hydrogen) atoms. The van der Waals surface area contributed by atoms with Crippen LogP contribution in [-0.2, 0) is 33.2 Å². The highest BCUT2D eigenvalue weighted by Gasteiger charge is 2.87. The minimum atomic E-state index is -1.71. The van der Waals surface area contributed by atoms with Gasteiger partial charge in [0.05, 0.1) is 16.5 Å². The molecule has 0 aromatic heterocycles. The number of carbonyl (C=O) groups is 3. The Balaban J connectivity index is 1.26. The number of carbonyl (C=O) groups excluding carboxylic acids is 3. The first-order valence-corrected chi connectivity index (χ1v) is 14.1. The Morgan fingerprint density at radius 3 is 2.12 bits per heavy atom. The van der Waals surface area contributed by atoms with Crippen LogP contribution in [0.4, 0.5) is 0 Å². The van der Waals surface area contributed by atoms with Gasteiger partial charge in [0.2, 0.25) is 0 Å². The smallest absolute Gasteiger partial charge is 0.338 e. The third-order valence-electron chi connectivity index (χ3n) is 9.45. The van der Waals surface area contributed by atoms with Crippen molar-refractivity contribution in [3.05, 3.63) is 71.8 Å². The molecule has 0 unspecified atom stereocenters. The Hall–Kier alpha value is -3.23. The van der Waals surface area contributed by atoms with Gasteiger partial charge >= 0.3 is 11.9 Å². The predicted molar refractivity (Wildman–Crippen MR) is 144 cm³/mol. The molecule has 2 aromatic carbocycles. The van der Waals surface area contributed by atoms with E-state index in [2.05, 4.69) is 0 Å². The van der Waals surface area contributed by atoms with E-state index in [9.17, 15) is 29.7 Å². The Morgan fingerprint density at radius 2 is 1.51 bits per heavy atom. The van der Waals surface area contributed by atoms with E-state index in [0.717, 1.165) is 0 Å². The molecule has 2 saturated heterocycles. The molecule has 0 amide bonds. The van der Waals surface area contributed by atoms with Crippen LogP contribution < -0.4 is 0 Å². The highest BCUT2D eigenvalue weighted by atomic mass is 16.8. The van der Waals surface area contributed by atoms with Crippen molar-refractivity contribution in [1.82, 2.24) is 0 Å². The molecule has 3 N–H and O–H groups in total. The number of benzene rings is 2. The first-order valence-electron chi connectivity index (χ1n) is 14.1. The summed E-state index contributed by atoms with van der Waals surface area (Å²) in [6.45, 7) is 0.949. The number of hydrogen-bond donors (Lipinski definition) is 3. The summed E-state index contributed by atoms with van der Waals surface area (Å²) in [6.07, 6.45) is -8.70. The van der Waals surface area contributed by atoms with Crippen molar-refractivity contribution in [2.45, 2.75) is 68.0 Å². The van der Waals surface area contributed by atoms with Crippen molar-refractivity contribution in [3.8, 4) is 0 Å². The van der Waals surface area contributed by atoms with E-state index >= 15 is 0 Å². The van der Waals surface area contributed by atoms with Crippen LogP contribution in [0.15, 0.2) is 60.7 Å². The van der Waals surface area contributed by atoms with Crippen molar-refractivity contribution in [1.29, 1.82) is 0 Å². The van der Waals surface area contributed by atoms with Crippen molar-refractivity contribution >= 4 is 17.7 Å². The summed E-state index contributed by atoms with van der Waals surface area (Å²) in [6, 6.07) is 16.6. The number of hydrogen-bond acceptors (Lipinski definition) is 12. The van der Waals surface area contributed by atoms with Gasteiger partial charge in [-0.1, -0.05) is 36.4 Å². The quantitative estimate of drug-likeness (QED) is 0.351. The highest BCUT2D eigenvalue weighted by Crippen LogP contribution is 2.74. The lowest BCUT2D eigenvalue weighted by atomic mass is 9.41. The molecule has 2 heterocycles. The van der Waals surface area contributed by atoms with Gasteiger partial charge in [0.1, 0.15) is 54.6 Å². The number of methoxy groups -OCH3 is 1. The molecule has 0 radical (unpaired) electrons. The van der Waals surface area contributed by atoms with E-state index in [1.807, 2.05) is 0 Å². The third kappa shape index (κ3) is 4.51. The van der Waals surface area contributed by atoms with Crippen LogP contribution in [0.25, 0.3) is 0 Å². The number of fused-ring (bicyclic) bond motifs is 1. The van der Waals surface area contributed by atoms with Gasteiger partial charge in [-0.3, -0.25) is 4.79 Å². The van der Waals surface area contributed by atoms with Gasteiger partial charge in [-0.05, 0) is 37.6 Å². The maximum absolute atomic E-state index is 13.3. The van der Waals surface area contributed by atoms with Crippen LogP contribution in [0, 0.1) is 11.3 Å². The molecule has 230 valence electrons. The number of rotatable bonds is 9. The van der Waals surface area contributed by atoms with Crippen LogP contribution in [0.1, 0.15) is 40.5 Å². The third-order valence-corrected chi connectivity index (χ3v) is 9.45. The summed E-state index contributed by atoms with van der Waals surface area (Å²) in [5.41, 5.74) is -3.31. The average molecular weight is 599 g/mol. The summed E-state index contributed by atoms with van der Waals surface area (Å²) in [4.78, 5) is 38.7. The first kappa shape index (κ1) is 29.8. The number of esters is 2. The number of ketones is 1. The molecule has 0 spiro atoms. The van der Waals surface area contributed by atoms with Gasteiger partial charge in [0.15, 0.2) is 12.6 Å². The fourth-order valence-corrected chi connectivity index (χ4v) is 7.18. The SMILES string of the molecule is CO[C@H]1O[C@@]2(C)CC(=O)[C@@H]3C[C@@]2(O[C@@H]2O[C@H](COC(=O)c4ccccc4)[C@@H](O)[C@H](O)[C@H]2O)[C@]13COC(=O)c1ccccc1. The molecule has 2 aromatic rings. The van der Waals surface area contributed by atoms with Crippen molar-refractivity contribution in [3.63, 3.8) is 0 Å². The van der Waals surface area contributed by atoms with E-state index in [0.29, 0.717) is 5.56 Å². The number of ether oxygens (including phenoxy) is 6. The maximum Gasteiger partial charge on any atom is 0.338 e. The second-order valence-corrected chi connectivity index (χ2v) is 11.7. The van der Waals surface area contributed by atoms with Crippen molar-refractivity contribution in [2.75, 3.05) is 20.3 Å². The van der Waals surface area contributed by atoms with Gasteiger partial charge in [0, 0.05) is 19.4 Å². The lowest BCUT2D eigenvalue weighted by Crippen LogP contribution is -2.80. The molecule has 10 atom stereocenters. The Bertz CT molecular complexity index is 1370. The van der Waals surface area contributed by atoms with Crippen LogP contribution in [-0.4, -0.2) is 102 Å². The average Bonchev–Trinajstić information content (AvgIpc) is 3.10. The Kier molecular flexibility index (Phi) is 7.66. The molecule has 4 bridgehead atoms. The largest absolute Gasteiger partial charge is 0.461 e. The molecule has 2 aliphatic heterocycles. The zero-order valence-corrected chi connectivity index (χ0v) is 23.7. The van der Waals surface area contributed by atoms with Gasteiger partial charge in [-0.15, -0.1) is 0 Å². The molecule has 3 aliphatic carbocycles. The molecule has 7 rings (SSSR count). The van der Waals surface area contributed by atoms with Gasteiger partial charge < -0.3 is 43.7 Å². The highest BCUT2D eigenvalue weighted by molar-refractivity contribution is 5.90. The second-order valence-electron chi connectivity index (χ2n) is 11.7. The normalized spacial score (nSPS) is 39.6. The molecule has 12 nitrogen and oxygen atoms in total. The number of Topliss-reactive ketones (excluding diaryl/α,β-unsaturated/α-hetero) is 1. The summed E-state index contributed by atoms with van der Waals surface area (Å²) < 4.78 is 35.5. The van der Waals surface area contributed by atoms with E-state index in [4.69, 9.17) is 28.4 Å². The first-order chi connectivity index (χ1) is 20.6. The molecule has 12 heteroatoms. The molecule has 3 saturated carbocycles. The van der Waals surface area contributed by atoms with E-state index in [1.54, 1.807) is 67.6 Å². The fourth-order valence-electron chi connectivity index (χ4n) is 7.18. The zero-order chi connectivity index (χ0) is 30.6. The number of aliphatic hydroxyl groups excluding tert-OH is 3. The molecule has 5 aliphatic rings. The van der Waals surface area contributed by atoms with E-state index in [1.165, 1.54) is 7.11 Å². The zero-order valence-electron chi connectivity index (χ0n) is 23.7.